The Balaban J connectivity index is 1.77. The van der Waals surface area contributed by atoms with Gasteiger partial charge in [-0.05, 0) is 25.7 Å². The molecule has 2 rings (SSSR count). The van der Waals surface area contributed by atoms with E-state index in [2.05, 4.69) is 10.3 Å². The molecular formula is C14H20N2O4. The first kappa shape index (κ1) is 14.6. The number of nitrogens with one attached hydrogen (secondary N) is 1. The van der Waals surface area contributed by atoms with E-state index in [-0.39, 0.29) is 24.3 Å². The Morgan fingerprint density at radius 2 is 2.00 bits per heavy atom. The third-order valence-electron chi connectivity index (χ3n) is 3.81. The zero-order valence-corrected chi connectivity index (χ0v) is 11.6. The lowest BCUT2D eigenvalue weighted by molar-refractivity contribution is -0.144. The van der Waals surface area contributed by atoms with E-state index in [1.807, 2.05) is 6.92 Å². The lowest BCUT2D eigenvalue weighted by Gasteiger charge is -2.24. The van der Waals surface area contributed by atoms with Crippen molar-refractivity contribution in [2.75, 3.05) is 0 Å². The lowest BCUT2D eigenvalue weighted by atomic mass is 9.81. The molecule has 1 aliphatic carbocycles. The van der Waals surface area contributed by atoms with Crippen molar-refractivity contribution in [2.45, 2.75) is 45.6 Å². The van der Waals surface area contributed by atoms with Crippen LogP contribution in [0.3, 0.4) is 0 Å². The molecule has 2 N–H and O–H groups in total. The molecule has 6 heteroatoms. The van der Waals surface area contributed by atoms with Crippen LogP contribution < -0.4 is 5.32 Å². The molecule has 0 bridgehead atoms. The van der Waals surface area contributed by atoms with E-state index < -0.39 is 5.97 Å². The van der Waals surface area contributed by atoms with Crippen LogP contribution in [-0.2, 0) is 22.6 Å². The fraction of sp³-hybridized carbons (Fsp3) is 0.643. The van der Waals surface area contributed by atoms with E-state index in [9.17, 15) is 9.59 Å². The lowest BCUT2D eigenvalue weighted by Crippen LogP contribution is -2.34. The largest absolute Gasteiger partial charge is 0.481 e. The van der Waals surface area contributed by atoms with E-state index >= 15 is 0 Å². The third-order valence-corrected chi connectivity index (χ3v) is 3.81. The minimum Gasteiger partial charge on any atom is -0.481 e. The summed E-state index contributed by atoms with van der Waals surface area (Å²) in [6.07, 6.45) is 4.86. The number of nitrogens with zero attached hydrogens (tertiary/aromatic N) is 1. The zero-order valence-electron chi connectivity index (χ0n) is 11.6. The molecule has 20 heavy (non-hydrogen) atoms. The number of carbonyl (C=O) groups is 2. The number of aliphatic carboxylic acids is 1. The van der Waals surface area contributed by atoms with Crippen molar-refractivity contribution in [3.63, 3.8) is 0 Å². The smallest absolute Gasteiger partial charge is 0.306 e. The molecule has 1 aromatic heterocycles. The van der Waals surface area contributed by atoms with Crippen LogP contribution in [-0.4, -0.2) is 22.0 Å². The highest BCUT2D eigenvalue weighted by molar-refractivity contribution is 5.79. The maximum atomic E-state index is 12.0. The second-order valence-electron chi connectivity index (χ2n) is 5.18. The number of carbonyl (C=O) groups excluding carboxylic acids is 1. The summed E-state index contributed by atoms with van der Waals surface area (Å²) in [5, 5.41) is 11.7. The van der Waals surface area contributed by atoms with Crippen LogP contribution in [0.1, 0.15) is 44.3 Å². The van der Waals surface area contributed by atoms with Gasteiger partial charge in [-0.3, -0.25) is 9.59 Å². The number of amides is 1. The Morgan fingerprint density at radius 3 is 2.55 bits per heavy atom. The van der Waals surface area contributed by atoms with Gasteiger partial charge in [0.1, 0.15) is 5.76 Å². The Bertz CT molecular complexity index is 475. The van der Waals surface area contributed by atoms with Crippen LogP contribution in [0.5, 0.6) is 0 Å². The fourth-order valence-corrected chi connectivity index (χ4v) is 2.50. The predicted molar refractivity (Wildman–Crippen MR) is 70.8 cm³/mol. The minimum atomic E-state index is -0.754. The molecule has 1 amide bonds. The van der Waals surface area contributed by atoms with Crippen LogP contribution in [0.4, 0.5) is 0 Å². The van der Waals surface area contributed by atoms with Crippen molar-refractivity contribution < 1.29 is 19.1 Å². The summed E-state index contributed by atoms with van der Waals surface area (Å²) < 4.78 is 5.42. The van der Waals surface area contributed by atoms with Gasteiger partial charge in [0, 0.05) is 12.3 Å². The van der Waals surface area contributed by atoms with Crippen LogP contribution in [0.25, 0.3) is 0 Å². The van der Waals surface area contributed by atoms with Crippen molar-refractivity contribution in [1.82, 2.24) is 10.3 Å². The normalized spacial score (nSPS) is 22.4. The summed E-state index contributed by atoms with van der Waals surface area (Å²) in [7, 11) is 0. The highest BCUT2D eigenvalue weighted by atomic mass is 16.4. The van der Waals surface area contributed by atoms with Gasteiger partial charge in [0.25, 0.3) is 0 Å². The molecule has 1 heterocycles. The van der Waals surface area contributed by atoms with E-state index in [0.29, 0.717) is 31.6 Å². The number of oxazole rings is 1. The molecule has 110 valence electrons. The molecule has 0 saturated heterocycles. The van der Waals surface area contributed by atoms with Crippen molar-refractivity contribution in [1.29, 1.82) is 0 Å². The van der Waals surface area contributed by atoms with Gasteiger partial charge in [0.2, 0.25) is 11.8 Å². The van der Waals surface area contributed by atoms with Crippen LogP contribution in [0.15, 0.2) is 10.6 Å². The number of aromatic nitrogens is 1. The summed E-state index contributed by atoms with van der Waals surface area (Å²) in [4.78, 5) is 26.9. The topological polar surface area (TPSA) is 92.4 Å². The van der Waals surface area contributed by atoms with E-state index in [1.165, 1.54) is 0 Å². The van der Waals surface area contributed by atoms with Gasteiger partial charge < -0.3 is 14.8 Å². The molecule has 0 aromatic carbocycles. The van der Waals surface area contributed by atoms with Gasteiger partial charge in [-0.25, -0.2) is 4.98 Å². The molecule has 6 nitrogen and oxygen atoms in total. The summed E-state index contributed by atoms with van der Waals surface area (Å²) in [6, 6.07) is 0. The molecule has 0 atom stereocenters. The second kappa shape index (κ2) is 6.54. The monoisotopic (exact) mass is 280 g/mol. The van der Waals surface area contributed by atoms with Crippen molar-refractivity contribution in [3.8, 4) is 0 Å². The van der Waals surface area contributed by atoms with Gasteiger partial charge in [-0.15, -0.1) is 0 Å². The van der Waals surface area contributed by atoms with Crippen LogP contribution in [0.2, 0.25) is 0 Å². The summed E-state index contributed by atoms with van der Waals surface area (Å²) in [5.41, 5.74) is 0. The van der Waals surface area contributed by atoms with Gasteiger partial charge in [0.15, 0.2) is 0 Å². The molecule has 0 aliphatic heterocycles. The maximum absolute atomic E-state index is 12.0. The quantitative estimate of drug-likeness (QED) is 0.857. The standard InChI is InChI=1S/C14H20N2O4/c1-2-11-7-15-12(20-11)8-16-13(17)9-3-5-10(6-4-9)14(18)19/h7,9-10H,2-6,8H2,1H3,(H,16,17)(H,18,19). The SMILES string of the molecule is CCc1cnc(CNC(=O)C2CCC(C(=O)O)CC2)o1. The van der Waals surface area contributed by atoms with Crippen molar-refractivity contribution in [2.24, 2.45) is 11.8 Å². The molecular weight excluding hydrogens is 260 g/mol. The van der Waals surface area contributed by atoms with Crippen LogP contribution in [0, 0.1) is 11.8 Å². The summed E-state index contributed by atoms with van der Waals surface area (Å²) in [6.45, 7) is 2.27. The Labute approximate surface area is 117 Å². The number of rotatable bonds is 5. The number of carboxylic acids is 1. The number of carboxylic acid groups (broad SMARTS) is 1. The molecule has 0 radical (unpaired) electrons. The molecule has 1 fully saturated rings. The average molecular weight is 280 g/mol. The molecule has 1 saturated carbocycles. The van der Waals surface area contributed by atoms with Gasteiger partial charge in [0.05, 0.1) is 18.7 Å². The molecule has 1 aliphatic rings. The first-order valence-corrected chi connectivity index (χ1v) is 7.04. The molecule has 0 spiro atoms. The molecule has 1 aromatic rings. The van der Waals surface area contributed by atoms with E-state index in [0.717, 1.165) is 12.2 Å². The summed E-state index contributed by atoms with van der Waals surface area (Å²) in [5.74, 6) is 0.135. The maximum Gasteiger partial charge on any atom is 0.306 e. The summed E-state index contributed by atoms with van der Waals surface area (Å²) >= 11 is 0. The Morgan fingerprint density at radius 1 is 1.35 bits per heavy atom. The van der Waals surface area contributed by atoms with Gasteiger partial charge in [-0.2, -0.15) is 0 Å². The minimum absolute atomic E-state index is 0.0370. The predicted octanol–water partition coefficient (Wildman–Crippen LogP) is 1.74. The fourth-order valence-electron chi connectivity index (χ4n) is 2.50. The number of hydrogen-bond donors (Lipinski definition) is 2. The highest BCUT2D eigenvalue weighted by Crippen LogP contribution is 2.29. The van der Waals surface area contributed by atoms with Gasteiger partial charge >= 0.3 is 5.97 Å². The van der Waals surface area contributed by atoms with Crippen LogP contribution >= 0.6 is 0 Å². The Kier molecular flexibility index (Phi) is 4.76. The Hall–Kier alpha value is -1.85. The highest BCUT2D eigenvalue weighted by Gasteiger charge is 2.29. The third kappa shape index (κ3) is 3.59. The second-order valence-corrected chi connectivity index (χ2v) is 5.18. The van der Waals surface area contributed by atoms with E-state index in [1.54, 1.807) is 6.20 Å². The average Bonchev–Trinajstić information content (AvgIpc) is 2.93. The first-order valence-electron chi connectivity index (χ1n) is 7.04. The first-order chi connectivity index (χ1) is 9.60. The van der Waals surface area contributed by atoms with Gasteiger partial charge in [-0.1, -0.05) is 6.92 Å². The van der Waals surface area contributed by atoms with E-state index in [4.69, 9.17) is 9.52 Å². The zero-order chi connectivity index (χ0) is 14.5. The molecule has 0 unspecified atom stereocenters. The number of aryl methyl sites for hydroxylation is 1. The van der Waals surface area contributed by atoms with Crippen molar-refractivity contribution >= 4 is 11.9 Å². The van der Waals surface area contributed by atoms with Crippen molar-refractivity contribution in [3.05, 3.63) is 17.8 Å². The number of hydrogen-bond acceptors (Lipinski definition) is 4.